The lowest BCUT2D eigenvalue weighted by Crippen LogP contribution is -2.39. The molecule has 0 radical (unpaired) electrons. The van der Waals surface area contributed by atoms with Crippen LogP contribution < -0.4 is 0 Å². The van der Waals surface area contributed by atoms with E-state index in [1.807, 2.05) is 33.9 Å². The number of hydrogen-bond acceptors (Lipinski definition) is 5. The standard InChI is InChI=1S/C21H24N6O/c1-25-17-4-5-18(25)13-26(8-6-17)21(28)16-9-19-20(23-11-16)27(14-24-19)12-15-3-2-7-22-10-15/h2-3,7,9-11,14,17-18H,4-6,8,12-13H2,1H3/t17-,18+/m1/s1. The number of carbonyl (C=O) groups is 1. The number of hydrogen-bond donors (Lipinski definition) is 0. The summed E-state index contributed by atoms with van der Waals surface area (Å²) in [7, 11) is 2.19. The van der Waals surface area contributed by atoms with Gasteiger partial charge in [0, 0.05) is 43.8 Å². The Morgan fingerprint density at radius 2 is 2.07 bits per heavy atom. The Bertz CT molecular complexity index is 1000. The maximum Gasteiger partial charge on any atom is 0.255 e. The normalized spacial score (nSPS) is 22.5. The number of aromatic nitrogens is 4. The Hall–Kier alpha value is -2.80. The van der Waals surface area contributed by atoms with Crippen LogP contribution in [0.1, 0.15) is 35.2 Å². The fraction of sp³-hybridized carbons (Fsp3) is 0.429. The summed E-state index contributed by atoms with van der Waals surface area (Å²) in [6.45, 7) is 2.28. The summed E-state index contributed by atoms with van der Waals surface area (Å²) < 4.78 is 1.99. The van der Waals surface area contributed by atoms with Crippen LogP contribution in [-0.4, -0.2) is 67.4 Å². The van der Waals surface area contributed by atoms with Gasteiger partial charge in [-0.15, -0.1) is 0 Å². The van der Waals surface area contributed by atoms with E-state index in [2.05, 4.69) is 26.9 Å². The molecule has 2 bridgehead atoms. The van der Waals surface area contributed by atoms with Gasteiger partial charge in [0.1, 0.15) is 5.52 Å². The quantitative estimate of drug-likeness (QED) is 0.701. The topological polar surface area (TPSA) is 67.2 Å². The number of likely N-dealkylation sites (tertiary alicyclic amines) is 1. The lowest BCUT2D eigenvalue weighted by Gasteiger charge is -2.25. The largest absolute Gasteiger partial charge is 0.337 e. The number of carbonyl (C=O) groups excluding carboxylic acids is 1. The molecule has 2 aliphatic heterocycles. The Kier molecular flexibility index (Phi) is 4.31. The summed E-state index contributed by atoms with van der Waals surface area (Å²) >= 11 is 0. The van der Waals surface area contributed by atoms with Gasteiger partial charge >= 0.3 is 0 Å². The molecular weight excluding hydrogens is 352 g/mol. The van der Waals surface area contributed by atoms with Gasteiger partial charge in [0.2, 0.25) is 0 Å². The molecule has 0 aliphatic carbocycles. The van der Waals surface area contributed by atoms with Crippen molar-refractivity contribution in [3.05, 3.63) is 54.2 Å². The van der Waals surface area contributed by atoms with Crippen LogP contribution in [0, 0.1) is 0 Å². The smallest absolute Gasteiger partial charge is 0.255 e. The Labute approximate surface area is 164 Å². The minimum atomic E-state index is 0.0668. The number of rotatable bonds is 3. The van der Waals surface area contributed by atoms with Crippen molar-refractivity contribution in [3.63, 3.8) is 0 Å². The molecule has 144 valence electrons. The van der Waals surface area contributed by atoms with Gasteiger partial charge in [0.05, 0.1) is 18.4 Å². The predicted molar refractivity (Wildman–Crippen MR) is 106 cm³/mol. The Morgan fingerprint density at radius 1 is 1.18 bits per heavy atom. The zero-order chi connectivity index (χ0) is 19.1. The lowest BCUT2D eigenvalue weighted by molar-refractivity contribution is 0.0740. The van der Waals surface area contributed by atoms with E-state index in [-0.39, 0.29) is 5.91 Å². The molecule has 7 heteroatoms. The van der Waals surface area contributed by atoms with Gasteiger partial charge in [-0.3, -0.25) is 14.7 Å². The number of imidazole rings is 1. The minimum Gasteiger partial charge on any atom is -0.337 e. The molecule has 0 unspecified atom stereocenters. The third-order valence-electron chi connectivity index (χ3n) is 6.21. The van der Waals surface area contributed by atoms with E-state index in [0.717, 1.165) is 36.2 Å². The summed E-state index contributed by atoms with van der Waals surface area (Å²) in [5, 5.41) is 0. The van der Waals surface area contributed by atoms with Crippen molar-refractivity contribution in [2.45, 2.75) is 37.9 Å². The first-order chi connectivity index (χ1) is 13.7. The molecule has 3 aromatic heterocycles. The van der Waals surface area contributed by atoms with Gasteiger partial charge in [-0.25, -0.2) is 9.97 Å². The second-order valence-electron chi connectivity index (χ2n) is 7.89. The molecular formula is C21H24N6O. The van der Waals surface area contributed by atoms with Gasteiger partial charge in [0.15, 0.2) is 5.65 Å². The lowest BCUT2D eigenvalue weighted by atomic mass is 10.1. The second kappa shape index (κ2) is 6.98. The molecule has 2 fully saturated rings. The van der Waals surface area contributed by atoms with Crippen LogP contribution >= 0.6 is 0 Å². The van der Waals surface area contributed by atoms with Crippen molar-refractivity contribution in [2.75, 3.05) is 20.1 Å². The molecule has 0 saturated carbocycles. The maximum absolute atomic E-state index is 13.1. The summed E-state index contributed by atoms with van der Waals surface area (Å²) in [4.78, 5) is 30.7. The molecule has 5 rings (SSSR count). The molecule has 7 nitrogen and oxygen atoms in total. The van der Waals surface area contributed by atoms with Gasteiger partial charge in [-0.2, -0.15) is 0 Å². The van der Waals surface area contributed by atoms with Crippen LogP contribution in [0.4, 0.5) is 0 Å². The van der Waals surface area contributed by atoms with Gasteiger partial charge in [0.25, 0.3) is 5.91 Å². The Balaban J connectivity index is 1.37. The molecule has 0 spiro atoms. The van der Waals surface area contributed by atoms with Crippen LogP contribution in [0.3, 0.4) is 0 Å². The van der Waals surface area contributed by atoms with E-state index >= 15 is 0 Å². The average molecular weight is 376 g/mol. The number of likely N-dealkylation sites (N-methyl/N-ethyl adjacent to an activating group) is 1. The van der Waals surface area contributed by atoms with Crippen LogP contribution in [0.2, 0.25) is 0 Å². The van der Waals surface area contributed by atoms with Crippen molar-refractivity contribution in [3.8, 4) is 0 Å². The number of amides is 1. The van der Waals surface area contributed by atoms with E-state index in [1.54, 1.807) is 18.7 Å². The highest BCUT2D eigenvalue weighted by Gasteiger charge is 2.36. The van der Waals surface area contributed by atoms with E-state index < -0.39 is 0 Å². The van der Waals surface area contributed by atoms with Crippen molar-refractivity contribution in [2.24, 2.45) is 0 Å². The van der Waals surface area contributed by atoms with Crippen LogP contribution in [0.5, 0.6) is 0 Å². The summed E-state index contributed by atoms with van der Waals surface area (Å²) in [6, 6.07) is 6.92. The summed E-state index contributed by atoms with van der Waals surface area (Å²) in [5.74, 6) is 0.0668. The highest BCUT2D eigenvalue weighted by molar-refractivity contribution is 5.96. The first kappa shape index (κ1) is 17.3. The first-order valence-corrected chi connectivity index (χ1v) is 9.90. The number of pyridine rings is 2. The fourth-order valence-corrected chi connectivity index (χ4v) is 4.55. The molecule has 0 aromatic carbocycles. The molecule has 1 amide bonds. The Morgan fingerprint density at radius 3 is 2.93 bits per heavy atom. The SMILES string of the molecule is CN1[C@@H]2CC[C@H]1CN(C(=O)c1cnc3c(c1)ncn3Cc1cccnc1)CC2. The van der Waals surface area contributed by atoms with Gasteiger partial charge in [-0.05, 0) is 44.0 Å². The third-order valence-corrected chi connectivity index (χ3v) is 6.21. The minimum absolute atomic E-state index is 0.0668. The maximum atomic E-state index is 13.1. The molecule has 2 atom stereocenters. The molecule has 2 saturated heterocycles. The molecule has 28 heavy (non-hydrogen) atoms. The number of fused-ring (bicyclic) bond motifs is 3. The predicted octanol–water partition coefficient (Wildman–Crippen LogP) is 2.18. The number of nitrogens with zero attached hydrogens (tertiary/aromatic N) is 6. The molecule has 5 heterocycles. The zero-order valence-corrected chi connectivity index (χ0v) is 16.0. The van der Waals surface area contributed by atoms with Crippen LogP contribution in [0.15, 0.2) is 43.1 Å². The highest BCUT2D eigenvalue weighted by atomic mass is 16.2. The second-order valence-corrected chi connectivity index (χ2v) is 7.89. The zero-order valence-electron chi connectivity index (χ0n) is 16.0. The van der Waals surface area contributed by atoms with E-state index in [0.29, 0.717) is 24.2 Å². The van der Waals surface area contributed by atoms with E-state index in [4.69, 9.17) is 0 Å². The van der Waals surface area contributed by atoms with Crippen molar-refractivity contribution < 1.29 is 4.79 Å². The molecule has 0 N–H and O–H groups in total. The fourth-order valence-electron chi connectivity index (χ4n) is 4.55. The van der Waals surface area contributed by atoms with Gasteiger partial charge < -0.3 is 9.47 Å². The van der Waals surface area contributed by atoms with Crippen LogP contribution in [0.25, 0.3) is 11.2 Å². The van der Waals surface area contributed by atoms with E-state index in [9.17, 15) is 4.79 Å². The average Bonchev–Trinajstić information content (AvgIpc) is 3.21. The molecule has 3 aromatic rings. The van der Waals surface area contributed by atoms with Crippen molar-refractivity contribution in [1.29, 1.82) is 0 Å². The third kappa shape index (κ3) is 3.05. The summed E-state index contributed by atoms with van der Waals surface area (Å²) in [5.41, 5.74) is 3.25. The first-order valence-electron chi connectivity index (χ1n) is 9.90. The van der Waals surface area contributed by atoms with E-state index in [1.165, 1.54) is 12.8 Å². The van der Waals surface area contributed by atoms with Gasteiger partial charge in [-0.1, -0.05) is 6.07 Å². The highest BCUT2D eigenvalue weighted by Crippen LogP contribution is 2.29. The van der Waals surface area contributed by atoms with Crippen LogP contribution in [-0.2, 0) is 6.54 Å². The van der Waals surface area contributed by atoms with Crippen molar-refractivity contribution >= 4 is 17.1 Å². The van der Waals surface area contributed by atoms with Crippen molar-refractivity contribution in [1.82, 2.24) is 29.3 Å². The molecule has 2 aliphatic rings. The summed E-state index contributed by atoms with van der Waals surface area (Å²) in [6.07, 6.45) is 10.6. The monoisotopic (exact) mass is 376 g/mol.